The molecule has 0 aromatic carbocycles. The van der Waals surface area contributed by atoms with Crippen LogP contribution >= 0.6 is 10.3 Å². The van der Waals surface area contributed by atoms with Crippen molar-refractivity contribution in [2.45, 2.75) is 76.6 Å². The Balaban J connectivity index is 3.19. The maximum Gasteiger partial charge on any atom is 0.417 e. The number of ether oxygens (including phenoxy) is 1. The molecule has 1 aliphatic rings. The zero-order chi connectivity index (χ0) is 23.1. The number of carbonyl (C=O) groups excluding carboxylic acids is 1. The molecule has 11 heteroatoms. The molecule has 1 atom stereocenters. The second kappa shape index (κ2) is 8.22. The molecule has 1 aliphatic heterocycles. The lowest BCUT2D eigenvalue weighted by Gasteiger charge is -2.47. The lowest BCUT2D eigenvalue weighted by molar-refractivity contribution is 0.0120. The van der Waals surface area contributed by atoms with E-state index in [1.54, 1.807) is 20.8 Å². The Bertz CT molecular complexity index is 746. The van der Waals surface area contributed by atoms with Crippen LogP contribution in [-0.2, 0) is 23.2 Å². The predicted octanol–water partition coefficient (Wildman–Crippen LogP) is 4.59. The highest BCUT2D eigenvalue weighted by Gasteiger charge is 2.45. The van der Waals surface area contributed by atoms with E-state index in [-0.39, 0.29) is 24.6 Å². The molecule has 1 amide bonds. The number of rotatable bonds is 5. The number of carbonyl (C=O) groups is 1. The monoisotopic (exact) mass is 461 g/mol. The summed E-state index contributed by atoms with van der Waals surface area (Å²) >= 11 is 0. The third kappa shape index (κ3) is 6.99. The highest BCUT2D eigenvalue weighted by molar-refractivity contribution is 8.29. The fourth-order valence-electron chi connectivity index (χ4n) is 2.01. The smallest absolute Gasteiger partial charge is 0.417 e. The Morgan fingerprint density at radius 1 is 1.10 bits per heavy atom. The minimum Gasteiger partial charge on any atom is -0.443 e. The molecule has 0 spiro atoms. The molecule has 1 rings (SSSR count). The maximum atomic E-state index is 13.4. The first kappa shape index (κ1) is 26.0. The molecule has 172 valence electrons. The molecular weight excluding hydrogens is 428 g/mol. The highest BCUT2D eigenvalue weighted by Crippen LogP contribution is 2.55. The molecule has 0 saturated heterocycles. The van der Waals surface area contributed by atoms with Crippen LogP contribution in [-0.4, -0.2) is 60.2 Å². The topological polar surface area (TPSA) is 82.1 Å². The van der Waals surface area contributed by atoms with Gasteiger partial charge in [-0.2, -0.15) is 17.2 Å². The van der Waals surface area contributed by atoms with Gasteiger partial charge in [-0.3, -0.25) is 0 Å². The first-order valence-electron chi connectivity index (χ1n) is 9.10. The Morgan fingerprint density at radius 3 is 2.03 bits per heavy atom. The molecule has 0 fully saturated rings. The van der Waals surface area contributed by atoms with Crippen LogP contribution in [0.2, 0.25) is 0 Å². The minimum atomic E-state index is -5.27. The number of hydrogen-bond acceptors (Lipinski definition) is 6. The van der Waals surface area contributed by atoms with Gasteiger partial charge < -0.3 is 13.1 Å². The fourth-order valence-corrected chi connectivity index (χ4v) is 3.65. The van der Waals surface area contributed by atoms with E-state index in [0.717, 1.165) is 4.90 Å². The van der Waals surface area contributed by atoms with E-state index in [2.05, 4.69) is 4.18 Å². The first-order valence-corrected chi connectivity index (χ1v) is 12.9. The van der Waals surface area contributed by atoms with E-state index in [1.807, 2.05) is 33.3 Å². The summed E-state index contributed by atoms with van der Waals surface area (Å²) in [6, 6.07) is 0. The molecule has 0 aromatic rings. The van der Waals surface area contributed by atoms with E-state index in [4.69, 9.17) is 8.92 Å². The third-order valence-corrected chi connectivity index (χ3v) is 9.28. The second-order valence-corrected chi connectivity index (χ2v) is 15.0. The van der Waals surface area contributed by atoms with Gasteiger partial charge in [0, 0.05) is 11.7 Å². The van der Waals surface area contributed by atoms with Crippen LogP contribution in [0.15, 0.2) is 12.0 Å². The Kier molecular flexibility index (Phi) is 7.36. The van der Waals surface area contributed by atoms with Gasteiger partial charge >= 0.3 is 21.5 Å². The van der Waals surface area contributed by atoms with Crippen LogP contribution in [0.3, 0.4) is 0 Å². The highest BCUT2D eigenvalue weighted by atomic mass is 32.3. The molecular formula is C18H33F2NO6S2. The lowest BCUT2D eigenvalue weighted by Crippen LogP contribution is -2.46. The lowest BCUT2D eigenvalue weighted by atomic mass is 10.2. The van der Waals surface area contributed by atoms with E-state index in [9.17, 15) is 22.0 Å². The van der Waals surface area contributed by atoms with Crippen molar-refractivity contribution in [2.75, 3.05) is 19.1 Å². The standard InChI is InChI=1S/C18H33F2NO6S2/c1-16(2,3)25-15(22)21-12-13(26-28(8,9)17(4,5)6)10-11-14(21)27-29(23,24)18(7,19)20/h11,13H,10,12H2,1-9H3/t13-/m0/s1. The summed E-state index contributed by atoms with van der Waals surface area (Å²) in [5, 5.41) is -4.13. The summed E-state index contributed by atoms with van der Waals surface area (Å²) in [6.07, 6.45) is 4.07. The largest absolute Gasteiger partial charge is 0.443 e. The van der Waals surface area contributed by atoms with Gasteiger partial charge in [-0.15, -0.1) is 10.3 Å². The molecule has 0 bridgehead atoms. The van der Waals surface area contributed by atoms with Crippen molar-refractivity contribution in [3.8, 4) is 0 Å². The van der Waals surface area contributed by atoms with Gasteiger partial charge in [0.25, 0.3) is 0 Å². The summed E-state index contributed by atoms with van der Waals surface area (Å²) in [4.78, 5) is 13.5. The molecule has 1 heterocycles. The summed E-state index contributed by atoms with van der Waals surface area (Å²) in [6.45, 7) is 11.2. The van der Waals surface area contributed by atoms with Crippen LogP contribution < -0.4 is 0 Å². The van der Waals surface area contributed by atoms with Crippen LogP contribution in [0, 0.1) is 0 Å². The van der Waals surface area contributed by atoms with Crippen LogP contribution in [0.25, 0.3) is 0 Å². The van der Waals surface area contributed by atoms with Crippen molar-refractivity contribution < 1.29 is 35.1 Å². The van der Waals surface area contributed by atoms with Crippen LogP contribution in [0.4, 0.5) is 13.6 Å². The summed E-state index contributed by atoms with van der Waals surface area (Å²) in [7, 11) is -6.81. The maximum absolute atomic E-state index is 13.4. The van der Waals surface area contributed by atoms with Crippen molar-refractivity contribution in [3.05, 3.63) is 12.0 Å². The van der Waals surface area contributed by atoms with Gasteiger partial charge in [-0.05, 0) is 45.8 Å². The van der Waals surface area contributed by atoms with E-state index in [0.29, 0.717) is 0 Å². The number of alkyl halides is 2. The summed E-state index contributed by atoms with van der Waals surface area (Å²) in [5.41, 5.74) is -0.876. The van der Waals surface area contributed by atoms with Gasteiger partial charge in [-0.1, -0.05) is 20.8 Å². The molecule has 0 saturated carbocycles. The molecule has 0 N–H and O–H groups in total. The summed E-state index contributed by atoms with van der Waals surface area (Å²) in [5.74, 6) is -0.510. The van der Waals surface area contributed by atoms with Crippen molar-refractivity contribution in [1.29, 1.82) is 0 Å². The van der Waals surface area contributed by atoms with Gasteiger partial charge in [0.15, 0.2) is 0 Å². The Hall–Kier alpha value is -1.07. The van der Waals surface area contributed by atoms with Crippen molar-refractivity contribution in [3.63, 3.8) is 0 Å². The summed E-state index contributed by atoms with van der Waals surface area (Å²) < 4.78 is 66.3. The molecule has 29 heavy (non-hydrogen) atoms. The van der Waals surface area contributed by atoms with Crippen LogP contribution in [0.1, 0.15) is 54.9 Å². The van der Waals surface area contributed by atoms with Gasteiger partial charge in [0.05, 0.1) is 12.6 Å². The predicted molar refractivity (Wildman–Crippen MR) is 110 cm³/mol. The van der Waals surface area contributed by atoms with E-state index < -0.39 is 49.4 Å². The molecule has 0 aliphatic carbocycles. The number of amides is 1. The fraction of sp³-hybridized carbons (Fsp3) is 0.833. The second-order valence-electron chi connectivity index (χ2n) is 9.28. The normalized spacial score (nSPS) is 20.2. The molecule has 0 unspecified atom stereocenters. The molecule has 7 nitrogen and oxygen atoms in total. The van der Waals surface area contributed by atoms with Crippen molar-refractivity contribution >= 4 is 26.5 Å². The molecule has 0 radical (unpaired) electrons. The Morgan fingerprint density at radius 2 is 1.62 bits per heavy atom. The zero-order valence-electron chi connectivity index (χ0n) is 18.5. The zero-order valence-corrected chi connectivity index (χ0v) is 20.2. The number of hydrogen-bond donors (Lipinski definition) is 0. The minimum absolute atomic E-state index is 0.0853. The van der Waals surface area contributed by atoms with Gasteiger partial charge in [0.2, 0.25) is 5.88 Å². The van der Waals surface area contributed by atoms with Gasteiger partial charge in [-0.25, -0.2) is 9.69 Å². The van der Waals surface area contributed by atoms with Crippen molar-refractivity contribution in [2.24, 2.45) is 0 Å². The first-order chi connectivity index (χ1) is 12.7. The van der Waals surface area contributed by atoms with Gasteiger partial charge in [0.1, 0.15) is 5.60 Å². The number of nitrogens with zero attached hydrogens (tertiary/aromatic N) is 1. The van der Waals surface area contributed by atoms with E-state index in [1.165, 1.54) is 6.08 Å². The average molecular weight is 462 g/mol. The molecule has 0 aromatic heterocycles. The SMILES string of the molecule is CC(C)(C)OC(=O)N1C[C@@H](OS(C)(C)C(C)(C)C)CC=C1OS(=O)(=O)C(C)(F)F. The number of halogens is 2. The van der Waals surface area contributed by atoms with E-state index >= 15 is 0 Å². The third-order valence-electron chi connectivity index (χ3n) is 4.31. The van der Waals surface area contributed by atoms with Crippen molar-refractivity contribution in [1.82, 2.24) is 4.90 Å². The average Bonchev–Trinajstić information content (AvgIpc) is 2.44. The quantitative estimate of drug-likeness (QED) is 0.557. The Labute approximate surface area is 174 Å². The van der Waals surface area contributed by atoms with Crippen LogP contribution in [0.5, 0.6) is 0 Å².